The molecule has 0 radical (unpaired) electrons. The molecule has 1 N–H and O–H groups in total. The molecule has 0 amide bonds. The van der Waals surface area contributed by atoms with E-state index in [1.165, 1.54) is 11.3 Å². The SMILES string of the molecule is OC(Cc1ccccc1)c1cscn1. The maximum absolute atomic E-state index is 9.81. The predicted molar refractivity (Wildman–Crippen MR) is 57.2 cm³/mol. The fourth-order valence-electron chi connectivity index (χ4n) is 1.33. The molecule has 1 unspecified atom stereocenters. The number of hydrogen-bond acceptors (Lipinski definition) is 3. The molecule has 14 heavy (non-hydrogen) atoms. The van der Waals surface area contributed by atoms with Gasteiger partial charge in [-0.2, -0.15) is 0 Å². The van der Waals surface area contributed by atoms with Gasteiger partial charge < -0.3 is 5.11 Å². The Hall–Kier alpha value is -1.19. The second-order valence-electron chi connectivity index (χ2n) is 3.12. The molecule has 72 valence electrons. The number of benzene rings is 1. The fourth-order valence-corrected chi connectivity index (χ4v) is 1.93. The summed E-state index contributed by atoms with van der Waals surface area (Å²) >= 11 is 1.51. The lowest BCUT2D eigenvalue weighted by Gasteiger charge is -2.06. The van der Waals surface area contributed by atoms with Crippen molar-refractivity contribution in [2.45, 2.75) is 12.5 Å². The van der Waals surface area contributed by atoms with E-state index in [1.807, 2.05) is 35.7 Å². The minimum absolute atomic E-state index is 0.483. The summed E-state index contributed by atoms with van der Waals surface area (Å²) in [6, 6.07) is 9.94. The van der Waals surface area contributed by atoms with E-state index in [-0.39, 0.29) is 0 Å². The van der Waals surface area contributed by atoms with Crippen LogP contribution in [-0.4, -0.2) is 10.1 Å². The summed E-state index contributed by atoms with van der Waals surface area (Å²) in [5.41, 5.74) is 3.63. The van der Waals surface area contributed by atoms with Gasteiger partial charge in [0, 0.05) is 11.8 Å². The van der Waals surface area contributed by atoms with Crippen LogP contribution in [0, 0.1) is 0 Å². The van der Waals surface area contributed by atoms with Crippen molar-refractivity contribution >= 4 is 11.3 Å². The Labute approximate surface area is 86.9 Å². The summed E-state index contributed by atoms with van der Waals surface area (Å²) in [4.78, 5) is 4.08. The largest absolute Gasteiger partial charge is 0.386 e. The van der Waals surface area contributed by atoms with E-state index < -0.39 is 6.10 Å². The Morgan fingerprint density at radius 1 is 1.29 bits per heavy atom. The van der Waals surface area contributed by atoms with Crippen LogP contribution in [0.15, 0.2) is 41.2 Å². The van der Waals surface area contributed by atoms with Gasteiger partial charge in [0.2, 0.25) is 0 Å². The van der Waals surface area contributed by atoms with E-state index in [2.05, 4.69) is 4.98 Å². The third-order valence-electron chi connectivity index (χ3n) is 2.06. The monoisotopic (exact) mass is 205 g/mol. The molecular weight excluding hydrogens is 194 g/mol. The Morgan fingerprint density at radius 3 is 2.71 bits per heavy atom. The van der Waals surface area contributed by atoms with Crippen LogP contribution in [0.1, 0.15) is 17.4 Å². The first-order valence-corrected chi connectivity index (χ1v) is 5.40. The normalized spacial score (nSPS) is 12.6. The number of nitrogens with zero attached hydrogens (tertiary/aromatic N) is 1. The predicted octanol–water partition coefficient (Wildman–Crippen LogP) is 2.42. The van der Waals surface area contributed by atoms with Gasteiger partial charge in [0.05, 0.1) is 11.2 Å². The third kappa shape index (κ3) is 2.19. The van der Waals surface area contributed by atoms with Gasteiger partial charge in [-0.1, -0.05) is 30.3 Å². The van der Waals surface area contributed by atoms with Crippen LogP contribution in [0.2, 0.25) is 0 Å². The van der Waals surface area contributed by atoms with Gasteiger partial charge in [-0.15, -0.1) is 11.3 Å². The van der Waals surface area contributed by atoms with Gasteiger partial charge in [0.25, 0.3) is 0 Å². The Morgan fingerprint density at radius 2 is 2.07 bits per heavy atom. The molecule has 2 aromatic rings. The van der Waals surface area contributed by atoms with E-state index in [0.717, 1.165) is 11.3 Å². The van der Waals surface area contributed by atoms with Crippen molar-refractivity contribution in [2.75, 3.05) is 0 Å². The number of rotatable bonds is 3. The number of aliphatic hydroxyl groups is 1. The van der Waals surface area contributed by atoms with Crippen LogP contribution >= 0.6 is 11.3 Å². The van der Waals surface area contributed by atoms with Gasteiger partial charge in [-0.3, -0.25) is 0 Å². The molecule has 0 fully saturated rings. The molecule has 1 aromatic heterocycles. The molecule has 0 aliphatic carbocycles. The number of aliphatic hydroxyl groups excluding tert-OH is 1. The van der Waals surface area contributed by atoms with Crippen molar-refractivity contribution in [1.29, 1.82) is 0 Å². The van der Waals surface area contributed by atoms with Crippen molar-refractivity contribution < 1.29 is 5.11 Å². The first-order valence-electron chi connectivity index (χ1n) is 4.46. The average molecular weight is 205 g/mol. The van der Waals surface area contributed by atoms with E-state index in [9.17, 15) is 5.11 Å². The first kappa shape index (κ1) is 9.37. The Balaban J connectivity index is 2.06. The summed E-state index contributed by atoms with van der Waals surface area (Å²) in [5.74, 6) is 0. The maximum Gasteiger partial charge on any atom is 0.101 e. The van der Waals surface area contributed by atoms with Gasteiger partial charge in [-0.25, -0.2) is 4.98 Å². The van der Waals surface area contributed by atoms with Crippen LogP contribution in [0.5, 0.6) is 0 Å². The molecule has 2 nitrogen and oxygen atoms in total. The highest BCUT2D eigenvalue weighted by Gasteiger charge is 2.09. The molecule has 0 aliphatic rings. The molecule has 0 bridgehead atoms. The van der Waals surface area contributed by atoms with Crippen molar-refractivity contribution in [3.8, 4) is 0 Å². The zero-order valence-electron chi connectivity index (χ0n) is 7.63. The molecule has 2 rings (SSSR count). The number of hydrogen-bond donors (Lipinski definition) is 1. The van der Waals surface area contributed by atoms with Gasteiger partial charge in [0.1, 0.15) is 6.10 Å². The third-order valence-corrected chi connectivity index (χ3v) is 2.67. The maximum atomic E-state index is 9.81. The minimum Gasteiger partial charge on any atom is -0.386 e. The lowest BCUT2D eigenvalue weighted by atomic mass is 10.1. The zero-order chi connectivity index (χ0) is 9.80. The van der Waals surface area contributed by atoms with E-state index in [1.54, 1.807) is 5.51 Å². The number of aromatic nitrogens is 1. The van der Waals surface area contributed by atoms with Crippen LogP contribution < -0.4 is 0 Å². The summed E-state index contributed by atoms with van der Waals surface area (Å²) in [6.07, 6.45) is 0.147. The van der Waals surface area contributed by atoms with E-state index in [4.69, 9.17) is 0 Å². The van der Waals surface area contributed by atoms with Crippen molar-refractivity contribution in [3.05, 3.63) is 52.5 Å². The molecule has 1 aromatic carbocycles. The summed E-state index contributed by atoms with van der Waals surface area (Å²) in [5, 5.41) is 11.7. The molecule has 3 heteroatoms. The molecule has 0 aliphatic heterocycles. The molecule has 1 atom stereocenters. The van der Waals surface area contributed by atoms with Crippen LogP contribution in [-0.2, 0) is 6.42 Å². The van der Waals surface area contributed by atoms with Crippen LogP contribution in [0.3, 0.4) is 0 Å². The van der Waals surface area contributed by atoms with E-state index in [0.29, 0.717) is 6.42 Å². The van der Waals surface area contributed by atoms with Crippen LogP contribution in [0.4, 0.5) is 0 Å². The Kier molecular flexibility index (Phi) is 2.91. The summed E-state index contributed by atoms with van der Waals surface area (Å²) < 4.78 is 0. The van der Waals surface area contributed by atoms with Gasteiger partial charge in [0.15, 0.2) is 0 Å². The van der Waals surface area contributed by atoms with Crippen molar-refractivity contribution in [2.24, 2.45) is 0 Å². The highest BCUT2D eigenvalue weighted by molar-refractivity contribution is 7.07. The fraction of sp³-hybridized carbons (Fsp3) is 0.182. The highest BCUT2D eigenvalue weighted by atomic mass is 32.1. The smallest absolute Gasteiger partial charge is 0.101 e. The molecule has 0 saturated heterocycles. The topological polar surface area (TPSA) is 33.1 Å². The highest BCUT2D eigenvalue weighted by Crippen LogP contribution is 2.17. The second-order valence-corrected chi connectivity index (χ2v) is 3.84. The van der Waals surface area contributed by atoms with Gasteiger partial charge >= 0.3 is 0 Å². The Bertz CT molecular complexity index is 371. The summed E-state index contributed by atoms with van der Waals surface area (Å²) in [6.45, 7) is 0. The quantitative estimate of drug-likeness (QED) is 0.834. The molecule has 0 spiro atoms. The van der Waals surface area contributed by atoms with Crippen LogP contribution in [0.25, 0.3) is 0 Å². The lowest BCUT2D eigenvalue weighted by Crippen LogP contribution is -2.01. The molecular formula is C11H11NOS. The average Bonchev–Trinajstić information content (AvgIpc) is 2.72. The second kappa shape index (κ2) is 4.35. The zero-order valence-corrected chi connectivity index (χ0v) is 8.45. The lowest BCUT2D eigenvalue weighted by molar-refractivity contribution is 0.174. The standard InChI is InChI=1S/C11H11NOS/c13-11(10-7-14-8-12-10)6-9-4-2-1-3-5-9/h1-5,7-8,11,13H,6H2. The number of thiazole rings is 1. The molecule has 1 heterocycles. The van der Waals surface area contributed by atoms with Gasteiger partial charge in [-0.05, 0) is 5.56 Å². The first-order chi connectivity index (χ1) is 6.86. The van der Waals surface area contributed by atoms with Crippen molar-refractivity contribution in [3.63, 3.8) is 0 Å². The molecule has 0 saturated carbocycles. The van der Waals surface area contributed by atoms with Crippen molar-refractivity contribution in [1.82, 2.24) is 4.98 Å². The van der Waals surface area contributed by atoms with E-state index >= 15 is 0 Å². The minimum atomic E-state index is -0.483. The summed E-state index contributed by atoms with van der Waals surface area (Å²) in [7, 11) is 0.